The maximum absolute atomic E-state index is 13.1. The van der Waals surface area contributed by atoms with E-state index in [1.54, 1.807) is 0 Å². The number of thiol groups is 1. The van der Waals surface area contributed by atoms with Crippen LogP contribution >= 0.6 is 12.6 Å². The third kappa shape index (κ3) is 4.23. The van der Waals surface area contributed by atoms with Crippen LogP contribution in [-0.4, -0.2) is 12.5 Å². The molecule has 0 heterocycles. The molecule has 20 heavy (non-hydrogen) atoms. The summed E-state index contributed by atoms with van der Waals surface area (Å²) in [6, 6.07) is 4.24. The van der Waals surface area contributed by atoms with Gasteiger partial charge in [-0.1, -0.05) is 32.6 Å². The van der Waals surface area contributed by atoms with Crippen molar-refractivity contribution < 1.29 is 9.18 Å². The number of hydrogen-bond acceptors (Lipinski definition) is 2. The van der Waals surface area contributed by atoms with Crippen molar-refractivity contribution in [2.45, 2.75) is 43.9 Å². The van der Waals surface area contributed by atoms with E-state index in [-0.39, 0.29) is 10.8 Å². The summed E-state index contributed by atoms with van der Waals surface area (Å²) in [6.45, 7) is 3.00. The Labute approximate surface area is 125 Å². The largest absolute Gasteiger partial charge is 0.352 e. The van der Waals surface area contributed by atoms with Crippen molar-refractivity contribution in [3.8, 4) is 0 Å². The smallest absolute Gasteiger partial charge is 0.251 e. The number of carbonyl (C=O) groups is 1. The van der Waals surface area contributed by atoms with E-state index in [1.165, 1.54) is 43.9 Å². The third-order valence-corrected chi connectivity index (χ3v) is 4.52. The van der Waals surface area contributed by atoms with Crippen molar-refractivity contribution >= 4 is 18.5 Å². The van der Waals surface area contributed by atoms with E-state index in [2.05, 4.69) is 24.9 Å². The lowest BCUT2D eigenvalue weighted by Crippen LogP contribution is -2.27. The zero-order chi connectivity index (χ0) is 14.5. The van der Waals surface area contributed by atoms with Gasteiger partial charge < -0.3 is 5.32 Å². The summed E-state index contributed by atoms with van der Waals surface area (Å²) in [4.78, 5) is 12.1. The van der Waals surface area contributed by atoms with E-state index < -0.39 is 5.82 Å². The van der Waals surface area contributed by atoms with E-state index in [0.717, 1.165) is 18.3 Å². The molecule has 0 radical (unpaired) electrons. The van der Waals surface area contributed by atoms with Crippen molar-refractivity contribution in [3.63, 3.8) is 0 Å². The molecule has 1 amide bonds. The van der Waals surface area contributed by atoms with Gasteiger partial charge in [0.1, 0.15) is 5.82 Å². The van der Waals surface area contributed by atoms with Crippen LogP contribution in [0.4, 0.5) is 4.39 Å². The van der Waals surface area contributed by atoms with Gasteiger partial charge >= 0.3 is 0 Å². The summed E-state index contributed by atoms with van der Waals surface area (Å²) in [6.07, 6.45) is 6.19. The molecule has 1 saturated carbocycles. The van der Waals surface area contributed by atoms with Crippen LogP contribution in [0.1, 0.15) is 49.4 Å². The lowest BCUT2D eigenvalue weighted by molar-refractivity contribution is 0.0949. The average Bonchev–Trinajstić information content (AvgIpc) is 2.44. The molecular weight excluding hydrogens is 273 g/mol. The molecule has 110 valence electrons. The topological polar surface area (TPSA) is 29.1 Å². The van der Waals surface area contributed by atoms with Crippen LogP contribution in [-0.2, 0) is 0 Å². The standard InChI is InChI=1S/C16H22FNOS/c1-11-2-4-12(5-3-11)8-9-18-16(19)13-6-7-14(17)15(20)10-13/h6-7,10-12,20H,2-5,8-9H2,1H3,(H,18,19). The predicted octanol–water partition coefficient (Wildman–Crippen LogP) is 4.06. The first-order valence-corrected chi connectivity index (χ1v) is 7.77. The second-order valence-corrected chi connectivity index (χ2v) is 6.32. The number of nitrogens with one attached hydrogen (secondary N) is 1. The summed E-state index contributed by atoms with van der Waals surface area (Å²) in [5, 5.41) is 2.91. The molecule has 0 atom stereocenters. The second kappa shape index (κ2) is 7.11. The van der Waals surface area contributed by atoms with Crippen molar-refractivity contribution in [3.05, 3.63) is 29.6 Å². The Balaban J connectivity index is 1.76. The molecule has 0 spiro atoms. The maximum atomic E-state index is 13.1. The Morgan fingerprint density at radius 3 is 2.70 bits per heavy atom. The van der Waals surface area contributed by atoms with Gasteiger partial charge in [-0.3, -0.25) is 4.79 Å². The van der Waals surface area contributed by atoms with Gasteiger partial charge in [0, 0.05) is 17.0 Å². The number of amides is 1. The molecule has 0 aromatic heterocycles. The van der Waals surface area contributed by atoms with E-state index in [1.807, 2.05) is 0 Å². The summed E-state index contributed by atoms with van der Waals surface area (Å²) in [5.41, 5.74) is 0.466. The van der Waals surface area contributed by atoms with Gasteiger partial charge in [-0.25, -0.2) is 4.39 Å². The molecule has 0 unspecified atom stereocenters. The number of hydrogen-bond donors (Lipinski definition) is 2. The SMILES string of the molecule is CC1CCC(CCNC(=O)c2ccc(F)c(S)c2)CC1. The van der Waals surface area contributed by atoms with Crippen molar-refractivity contribution in [2.24, 2.45) is 11.8 Å². The van der Waals surface area contributed by atoms with Crippen molar-refractivity contribution in [1.29, 1.82) is 0 Å². The molecule has 1 fully saturated rings. The highest BCUT2D eigenvalue weighted by atomic mass is 32.1. The van der Waals surface area contributed by atoms with Crippen molar-refractivity contribution in [1.82, 2.24) is 5.32 Å². The normalized spacial score (nSPS) is 22.6. The molecule has 0 bridgehead atoms. The quantitative estimate of drug-likeness (QED) is 0.806. The lowest BCUT2D eigenvalue weighted by Gasteiger charge is -2.26. The Morgan fingerprint density at radius 2 is 2.05 bits per heavy atom. The van der Waals surface area contributed by atoms with Crippen molar-refractivity contribution in [2.75, 3.05) is 6.54 Å². The monoisotopic (exact) mass is 295 g/mol. The Kier molecular flexibility index (Phi) is 5.46. The first-order valence-electron chi connectivity index (χ1n) is 7.33. The van der Waals surface area contributed by atoms with Crippen LogP contribution in [0.5, 0.6) is 0 Å². The fourth-order valence-corrected chi connectivity index (χ4v) is 2.98. The molecule has 0 aliphatic heterocycles. The fraction of sp³-hybridized carbons (Fsp3) is 0.562. The molecule has 2 nitrogen and oxygen atoms in total. The van der Waals surface area contributed by atoms with Crippen LogP contribution in [0.2, 0.25) is 0 Å². The van der Waals surface area contributed by atoms with E-state index >= 15 is 0 Å². The molecule has 1 aliphatic carbocycles. The predicted molar refractivity (Wildman–Crippen MR) is 81.7 cm³/mol. The van der Waals surface area contributed by atoms with Crippen LogP contribution in [0.3, 0.4) is 0 Å². The third-order valence-electron chi connectivity index (χ3n) is 4.18. The van der Waals surface area contributed by atoms with Crippen LogP contribution < -0.4 is 5.32 Å². The molecule has 1 aliphatic rings. The van der Waals surface area contributed by atoms with Gasteiger partial charge in [-0.2, -0.15) is 0 Å². The fourth-order valence-electron chi connectivity index (χ4n) is 2.76. The molecule has 1 aromatic carbocycles. The van der Waals surface area contributed by atoms with Gasteiger partial charge in [-0.05, 0) is 36.5 Å². The molecule has 1 aromatic rings. The minimum Gasteiger partial charge on any atom is -0.352 e. The van der Waals surface area contributed by atoms with E-state index in [9.17, 15) is 9.18 Å². The highest BCUT2D eigenvalue weighted by Gasteiger charge is 2.18. The minimum absolute atomic E-state index is 0.149. The molecule has 0 saturated heterocycles. The average molecular weight is 295 g/mol. The lowest BCUT2D eigenvalue weighted by atomic mass is 9.81. The highest BCUT2D eigenvalue weighted by Crippen LogP contribution is 2.29. The number of benzene rings is 1. The Bertz CT molecular complexity index is 470. The second-order valence-electron chi connectivity index (χ2n) is 5.84. The van der Waals surface area contributed by atoms with Crippen LogP contribution in [0.25, 0.3) is 0 Å². The van der Waals surface area contributed by atoms with E-state index in [0.29, 0.717) is 12.1 Å². The molecule has 4 heteroatoms. The first kappa shape index (κ1) is 15.4. The maximum Gasteiger partial charge on any atom is 0.251 e. The summed E-state index contributed by atoms with van der Waals surface area (Å²) in [7, 11) is 0. The van der Waals surface area contributed by atoms with Gasteiger partial charge in [-0.15, -0.1) is 12.6 Å². The highest BCUT2D eigenvalue weighted by molar-refractivity contribution is 7.80. The molecule has 2 rings (SSSR count). The summed E-state index contributed by atoms with van der Waals surface area (Å²) >= 11 is 3.99. The van der Waals surface area contributed by atoms with Crippen LogP contribution in [0, 0.1) is 17.7 Å². The number of carbonyl (C=O) groups excluding carboxylic acids is 1. The molecular formula is C16H22FNOS. The molecule has 1 N–H and O–H groups in total. The van der Waals surface area contributed by atoms with Gasteiger partial charge in [0.25, 0.3) is 5.91 Å². The van der Waals surface area contributed by atoms with Gasteiger partial charge in [0.05, 0.1) is 0 Å². The number of rotatable bonds is 4. The van der Waals surface area contributed by atoms with E-state index in [4.69, 9.17) is 0 Å². The Morgan fingerprint density at radius 1 is 1.35 bits per heavy atom. The zero-order valence-corrected chi connectivity index (χ0v) is 12.8. The van der Waals surface area contributed by atoms with Crippen LogP contribution in [0.15, 0.2) is 23.1 Å². The zero-order valence-electron chi connectivity index (χ0n) is 11.9. The minimum atomic E-state index is -0.402. The summed E-state index contributed by atoms with van der Waals surface area (Å²) in [5.74, 6) is 1.04. The summed E-state index contributed by atoms with van der Waals surface area (Å²) < 4.78 is 13.1. The van der Waals surface area contributed by atoms with Gasteiger partial charge in [0.15, 0.2) is 0 Å². The first-order chi connectivity index (χ1) is 9.56. The van der Waals surface area contributed by atoms with Gasteiger partial charge in [0.2, 0.25) is 0 Å². The number of halogens is 1. The Hall–Kier alpha value is -1.03.